The van der Waals surface area contributed by atoms with Gasteiger partial charge in [-0.25, -0.2) is 0 Å². The quantitative estimate of drug-likeness (QED) is 0.0515. The third kappa shape index (κ3) is 9.94. The molecule has 2 amide bonds. The smallest absolute Gasteiger partial charge is 0.224 e. The van der Waals surface area contributed by atoms with Crippen LogP contribution in [0.1, 0.15) is 66.8 Å². The molecule has 6 N–H and O–H groups in total. The standard InChI is InChI=1S/C38H41N7O6S/c39-32-5-1-2-6-33(32)41-36(49)8-4-3-7-35(48)40-22-25-9-15-28(16-10-25)37-50-31(21-34(51-37)27-13-11-26(23-46)12-14-27)24-52-38-42-43-44-45(38)29-17-19-30(47)20-18-29/h1-2,5-6,9-20,31,34,37,46-47H,3-4,7-8,21-24,39H2,(H,40,48)(H,41,49)/t31-,34+,37+/m1/s1. The molecule has 0 bridgehead atoms. The zero-order valence-electron chi connectivity index (χ0n) is 28.4. The van der Waals surface area contributed by atoms with E-state index in [0.29, 0.717) is 60.9 Å². The fraction of sp³-hybridized carbons (Fsp3) is 0.289. The molecule has 13 nitrogen and oxygen atoms in total. The SMILES string of the molecule is Nc1ccccc1NC(=O)CCCCC(=O)NCc1ccc([C@H]2O[C@@H](CSc3nnnn3-c3ccc(O)cc3)C[C@@H](c3ccc(CO)cc3)O2)cc1. The van der Waals surface area contributed by atoms with E-state index in [1.54, 1.807) is 41.1 Å². The molecule has 0 aliphatic carbocycles. The summed E-state index contributed by atoms with van der Waals surface area (Å²) in [6.45, 7) is 0.331. The maximum absolute atomic E-state index is 12.5. The lowest BCUT2D eigenvalue weighted by Gasteiger charge is -2.36. The minimum absolute atomic E-state index is 0.0382. The number of tetrazole rings is 1. The summed E-state index contributed by atoms with van der Waals surface area (Å²) in [5.41, 5.74) is 11.3. The minimum atomic E-state index is -0.644. The Labute approximate surface area is 305 Å². The number of aromatic nitrogens is 4. The fourth-order valence-electron chi connectivity index (χ4n) is 5.69. The number of nitrogen functional groups attached to an aromatic ring is 1. The number of para-hydroxylation sites is 2. The van der Waals surface area contributed by atoms with E-state index in [-0.39, 0.29) is 36.4 Å². The summed E-state index contributed by atoms with van der Waals surface area (Å²) < 4.78 is 14.6. The molecule has 2 heterocycles. The Morgan fingerprint density at radius 1 is 0.865 bits per heavy atom. The number of hydrogen-bond acceptors (Lipinski definition) is 11. The zero-order valence-corrected chi connectivity index (χ0v) is 29.2. The molecule has 6 rings (SSSR count). The van der Waals surface area contributed by atoms with Crippen LogP contribution in [0.3, 0.4) is 0 Å². The lowest BCUT2D eigenvalue weighted by atomic mass is 10.0. The molecular formula is C38H41N7O6S. The van der Waals surface area contributed by atoms with Gasteiger partial charge >= 0.3 is 0 Å². The van der Waals surface area contributed by atoms with Crippen molar-refractivity contribution in [2.45, 2.75) is 68.9 Å². The highest BCUT2D eigenvalue weighted by Gasteiger charge is 2.32. The van der Waals surface area contributed by atoms with Crippen molar-refractivity contribution in [1.29, 1.82) is 0 Å². The number of unbranched alkanes of at least 4 members (excludes halogenated alkanes) is 1. The van der Waals surface area contributed by atoms with E-state index in [4.69, 9.17) is 15.2 Å². The van der Waals surface area contributed by atoms with Crippen molar-refractivity contribution in [3.05, 3.63) is 119 Å². The number of phenols is 1. The molecule has 4 aromatic carbocycles. The molecule has 1 fully saturated rings. The first-order valence-corrected chi connectivity index (χ1v) is 18.0. The van der Waals surface area contributed by atoms with Gasteiger partial charge in [0.15, 0.2) is 6.29 Å². The van der Waals surface area contributed by atoms with Crippen molar-refractivity contribution in [1.82, 2.24) is 25.5 Å². The highest BCUT2D eigenvalue weighted by Crippen LogP contribution is 2.39. The van der Waals surface area contributed by atoms with Gasteiger partial charge in [-0.15, -0.1) is 5.10 Å². The highest BCUT2D eigenvalue weighted by atomic mass is 32.2. The van der Waals surface area contributed by atoms with E-state index >= 15 is 0 Å². The number of nitrogens with one attached hydrogen (secondary N) is 2. The number of rotatable bonds is 15. The fourth-order valence-corrected chi connectivity index (χ4v) is 6.60. The average molecular weight is 724 g/mol. The number of anilines is 2. The summed E-state index contributed by atoms with van der Waals surface area (Å²) in [5.74, 6) is 0.500. The third-order valence-electron chi connectivity index (χ3n) is 8.58. The summed E-state index contributed by atoms with van der Waals surface area (Å²) in [7, 11) is 0. The Balaban J connectivity index is 1.02. The molecule has 3 atom stereocenters. The number of carbonyl (C=O) groups is 2. The second-order valence-corrected chi connectivity index (χ2v) is 13.4. The summed E-state index contributed by atoms with van der Waals surface area (Å²) in [4.78, 5) is 24.7. The number of aliphatic hydroxyl groups excluding tert-OH is 1. The first-order valence-electron chi connectivity index (χ1n) is 17.1. The maximum atomic E-state index is 12.5. The number of amides is 2. The second kappa shape index (κ2) is 17.8. The maximum Gasteiger partial charge on any atom is 0.224 e. The molecule has 5 aromatic rings. The summed E-state index contributed by atoms with van der Waals surface area (Å²) in [5, 5.41) is 37.7. The lowest BCUT2D eigenvalue weighted by molar-refractivity contribution is -0.245. The van der Waals surface area contributed by atoms with E-state index in [0.717, 1.165) is 27.9 Å². The van der Waals surface area contributed by atoms with Crippen LogP contribution in [0.4, 0.5) is 11.4 Å². The zero-order chi connectivity index (χ0) is 36.3. The van der Waals surface area contributed by atoms with Crippen LogP contribution in [0.15, 0.2) is 102 Å². The van der Waals surface area contributed by atoms with Crippen molar-refractivity contribution < 1.29 is 29.3 Å². The number of thioether (sulfide) groups is 1. The van der Waals surface area contributed by atoms with Crippen LogP contribution in [-0.2, 0) is 32.2 Å². The average Bonchev–Trinajstić information content (AvgIpc) is 3.65. The van der Waals surface area contributed by atoms with E-state index in [2.05, 4.69) is 26.2 Å². The number of phenolic OH excluding ortho intramolecular Hbond substituents is 1. The van der Waals surface area contributed by atoms with Crippen molar-refractivity contribution in [3.8, 4) is 11.4 Å². The summed E-state index contributed by atoms with van der Waals surface area (Å²) in [6, 6.07) is 29.2. The van der Waals surface area contributed by atoms with Gasteiger partial charge in [-0.2, -0.15) is 4.68 Å². The van der Waals surface area contributed by atoms with E-state index < -0.39 is 6.29 Å². The molecule has 1 aromatic heterocycles. The van der Waals surface area contributed by atoms with Crippen molar-refractivity contribution in [2.24, 2.45) is 0 Å². The molecule has 0 unspecified atom stereocenters. The first-order chi connectivity index (χ1) is 25.3. The van der Waals surface area contributed by atoms with Gasteiger partial charge in [0.2, 0.25) is 17.0 Å². The number of nitrogens with two attached hydrogens (primary N) is 1. The molecule has 0 spiro atoms. The highest BCUT2D eigenvalue weighted by molar-refractivity contribution is 7.99. The van der Waals surface area contributed by atoms with Gasteiger partial charge in [0, 0.05) is 37.1 Å². The Bertz CT molecular complexity index is 1920. The minimum Gasteiger partial charge on any atom is -0.508 e. The van der Waals surface area contributed by atoms with Crippen LogP contribution in [0.2, 0.25) is 0 Å². The van der Waals surface area contributed by atoms with Gasteiger partial charge in [-0.05, 0) is 76.4 Å². The number of hydrogen-bond donors (Lipinski definition) is 5. The van der Waals surface area contributed by atoms with E-state index in [1.165, 1.54) is 11.8 Å². The molecule has 0 radical (unpaired) electrons. The Morgan fingerprint density at radius 3 is 2.29 bits per heavy atom. The molecule has 14 heteroatoms. The molecular weight excluding hydrogens is 683 g/mol. The number of benzene rings is 4. The molecule has 52 heavy (non-hydrogen) atoms. The largest absolute Gasteiger partial charge is 0.508 e. The van der Waals surface area contributed by atoms with Crippen LogP contribution < -0.4 is 16.4 Å². The molecule has 1 saturated heterocycles. The van der Waals surface area contributed by atoms with Crippen LogP contribution in [0, 0.1) is 0 Å². The monoisotopic (exact) mass is 723 g/mol. The van der Waals surface area contributed by atoms with Crippen LogP contribution in [-0.4, -0.2) is 54.1 Å². The molecule has 0 saturated carbocycles. The number of ether oxygens (including phenoxy) is 2. The Morgan fingerprint density at radius 2 is 1.56 bits per heavy atom. The Kier molecular flexibility index (Phi) is 12.5. The molecule has 270 valence electrons. The van der Waals surface area contributed by atoms with Crippen molar-refractivity contribution in [3.63, 3.8) is 0 Å². The van der Waals surface area contributed by atoms with Gasteiger partial charge in [-0.3, -0.25) is 9.59 Å². The lowest BCUT2D eigenvalue weighted by Crippen LogP contribution is -2.31. The van der Waals surface area contributed by atoms with Crippen molar-refractivity contribution in [2.75, 3.05) is 16.8 Å². The number of aliphatic hydroxyl groups is 1. The number of carbonyl (C=O) groups excluding carboxylic acids is 2. The predicted molar refractivity (Wildman–Crippen MR) is 196 cm³/mol. The van der Waals surface area contributed by atoms with Gasteiger partial charge in [0.25, 0.3) is 0 Å². The molecule has 1 aliphatic rings. The van der Waals surface area contributed by atoms with Gasteiger partial charge in [-0.1, -0.05) is 72.4 Å². The van der Waals surface area contributed by atoms with Crippen LogP contribution in [0.25, 0.3) is 5.69 Å². The van der Waals surface area contributed by atoms with E-state index in [1.807, 2.05) is 60.7 Å². The number of aromatic hydroxyl groups is 1. The summed E-state index contributed by atoms with van der Waals surface area (Å²) >= 11 is 1.47. The second-order valence-electron chi connectivity index (χ2n) is 12.4. The predicted octanol–water partition coefficient (Wildman–Crippen LogP) is 5.60. The van der Waals surface area contributed by atoms with Gasteiger partial charge in [0.05, 0.1) is 35.9 Å². The van der Waals surface area contributed by atoms with Gasteiger partial charge in [0.1, 0.15) is 5.75 Å². The van der Waals surface area contributed by atoms with Crippen LogP contribution >= 0.6 is 11.8 Å². The van der Waals surface area contributed by atoms with Gasteiger partial charge < -0.3 is 36.1 Å². The van der Waals surface area contributed by atoms with Crippen molar-refractivity contribution >= 4 is 35.0 Å². The van der Waals surface area contributed by atoms with Crippen LogP contribution in [0.5, 0.6) is 5.75 Å². The third-order valence-corrected chi connectivity index (χ3v) is 9.63. The topological polar surface area (TPSA) is 187 Å². The number of nitrogens with zero attached hydrogens (tertiary/aromatic N) is 4. The normalized spacial score (nSPS) is 17.1. The Hall–Kier alpha value is -5.28. The summed E-state index contributed by atoms with van der Waals surface area (Å²) in [6.07, 6.45) is 1.29. The first kappa shape index (κ1) is 36.5. The molecule has 1 aliphatic heterocycles. The van der Waals surface area contributed by atoms with E-state index in [9.17, 15) is 19.8 Å².